The van der Waals surface area contributed by atoms with Crippen LogP contribution in [0.25, 0.3) is 6.08 Å². The number of carboxylic acids is 1. The number of carbonyl (C=O) groups is 2. The molecule has 0 saturated heterocycles. The van der Waals surface area contributed by atoms with Gasteiger partial charge in [-0.05, 0) is 36.4 Å². The minimum Gasteiger partial charge on any atom is -0.478 e. The summed E-state index contributed by atoms with van der Waals surface area (Å²) in [6, 6.07) is 6.69. The second-order valence-electron chi connectivity index (χ2n) is 3.84. The standard InChI is InChI=1S/C14H10FNO4/c15-12-8-9(3-5-11(12)14(18)19)16-13(17)6-4-10-2-1-7-20-10/h1-8H,(H,16,17)(H,18,19)/b6-4+. The van der Waals surface area contributed by atoms with Gasteiger partial charge in [-0.2, -0.15) is 0 Å². The number of halogens is 1. The van der Waals surface area contributed by atoms with Crippen LogP contribution in [0.1, 0.15) is 16.1 Å². The molecular formula is C14H10FNO4. The average molecular weight is 275 g/mol. The van der Waals surface area contributed by atoms with Crippen molar-refractivity contribution in [3.05, 3.63) is 59.8 Å². The molecule has 1 aromatic heterocycles. The maximum absolute atomic E-state index is 13.4. The maximum Gasteiger partial charge on any atom is 0.338 e. The third-order valence-corrected chi connectivity index (χ3v) is 2.41. The molecule has 0 aliphatic carbocycles. The summed E-state index contributed by atoms with van der Waals surface area (Å²) in [4.78, 5) is 22.2. The van der Waals surface area contributed by atoms with Crippen molar-refractivity contribution in [2.45, 2.75) is 0 Å². The molecule has 2 aromatic rings. The number of rotatable bonds is 4. The molecule has 0 saturated carbocycles. The Balaban J connectivity index is 2.05. The van der Waals surface area contributed by atoms with Crippen molar-refractivity contribution in [1.82, 2.24) is 0 Å². The van der Waals surface area contributed by atoms with Gasteiger partial charge >= 0.3 is 5.97 Å². The van der Waals surface area contributed by atoms with Gasteiger partial charge in [0.1, 0.15) is 11.6 Å². The van der Waals surface area contributed by atoms with Crippen molar-refractivity contribution in [1.29, 1.82) is 0 Å². The van der Waals surface area contributed by atoms with Gasteiger partial charge in [0.2, 0.25) is 5.91 Å². The lowest BCUT2D eigenvalue weighted by molar-refractivity contribution is -0.111. The van der Waals surface area contributed by atoms with Gasteiger partial charge in [0.25, 0.3) is 0 Å². The van der Waals surface area contributed by atoms with E-state index in [2.05, 4.69) is 5.32 Å². The summed E-state index contributed by atoms with van der Waals surface area (Å²) in [7, 11) is 0. The van der Waals surface area contributed by atoms with Crippen LogP contribution in [0.3, 0.4) is 0 Å². The highest BCUT2D eigenvalue weighted by Crippen LogP contribution is 2.14. The van der Waals surface area contributed by atoms with Crippen LogP contribution in [0.2, 0.25) is 0 Å². The summed E-state index contributed by atoms with van der Waals surface area (Å²) in [6.45, 7) is 0. The molecule has 2 N–H and O–H groups in total. The lowest BCUT2D eigenvalue weighted by Crippen LogP contribution is -2.09. The molecule has 0 fully saturated rings. The zero-order valence-electron chi connectivity index (χ0n) is 10.2. The van der Waals surface area contributed by atoms with Crippen LogP contribution in [0, 0.1) is 5.82 Å². The number of hydrogen-bond acceptors (Lipinski definition) is 3. The van der Waals surface area contributed by atoms with Gasteiger partial charge in [-0.1, -0.05) is 0 Å². The number of carbonyl (C=O) groups excluding carboxylic acids is 1. The molecule has 6 heteroatoms. The predicted molar refractivity (Wildman–Crippen MR) is 69.7 cm³/mol. The molecule has 2 rings (SSSR count). The molecule has 5 nitrogen and oxygen atoms in total. The Labute approximate surface area is 113 Å². The number of furan rings is 1. The molecule has 20 heavy (non-hydrogen) atoms. The van der Waals surface area contributed by atoms with E-state index in [4.69, 9.17) is 9.52 Å². The van der Waals surface area contributed by atoms with Crippen molar-refractivity contribution in [2.24, 2.45) is 0 Å². The minimum atomic E-state index is -1.36. The van der Waals surface area contributed by atoms with E-state index in [0.29, 0.717) is 5.76 Å². The van der Waals surface area contributed by atoms with Crippen molar-refractivity contribution in [2.75, 3.05) is 5.32 Å². The van der Waals surface area contributed by atoms with E-state index in [1.165, 1.54) is 24.5 Å². The zero-order chi connectivity index (χ0) is 14.5. The number of aromatic carboxylic acids is 1. The van der Waals surface area contributed by atoms with Gasteiger partial charge in [0.05, 0.1) is 11.8 Å². The number of benzene rings is 1. The van der Waals surface area contributed by atoms with E-state index in [-0.39, 0.29) is 5.69 Å². The summed E-state index contributed by atoms with van der Waals surface area (Å²) in [5.41, 5.74) is -0.282. The largest absolute Gasteiger partial charge is 0.478 e. The number of carboxylic acid groups (broad SMARTS) is 1. The molecule has 1 heterocycles. The van der Waals surface area contributed by atoms with Crippen LogP contribution < -0.4 is 5.32 Å². The normalized spacial score (nSPS) is 10.7. The van der Waals surface area contributed by atoms with Gasteiger partial charge < -0.3 is 14.8 Å². The second-order valence-corrected chi connectivity index (χ2v) is 3.84. The van der Waals surface area contributed by atoms with Gasteiger partial charge in [0, 0.05) is 11.8 Å². The summed E-state index contributed by atoms with van der Waals surface area (Å²) >= 11 is 0. The molecule has 0 atom stereocenters. The molecule has 0 aliphatic heterocycles. The van der Waals surface area contributed by atoms with Gasteiger partial charge in [0.15, 0.2) is 0 Å². The molecule has 0 bridgehead atoms. The first-order chi connectivity index (χ1) is 9.56. The van der Waals surface area contributed by atoms with E-state index in [9.17, 15) is 14.0 Å². The summed E-state index contributed by atoms with van der Waals surface area (Å²) in [6.07, 6.45) is 4.15. The van der Waals surface area contributed by atoms with E-state index in [0.717, 1.165) is 12.1 Å². The molecule has 0 unspecified atom stereocenters. The summed E-state index contributed by atoms with van der Waals surface area (Å²) < 4.78 is 18.4. The Morgan fingerprint density at radius 2 is 2.10 bits per heavy atom. The minimum absolute atomic E-state index is 0.168. The Morgan fingerprint density at radius 3 is 2.70 bits per heavy atom. The Bertz CT molecular complexity index is 662. The van der Waals surface area contributed by atoms with Crippen molar-refractivity contribution in [3.8, 4) is 0 Å². The molecular weight excluding hydrogens is 265 g/mol. The fraction of sp³-hybridized carbons (Fsp3) is 0. The lowest BCUT2D eigenvalue weighted by atomic mass is 10.2. The third-order valence-electron chi connectivity index (χ3n) is 2.41. The van der Waals surface area contributed by atoms with Crippen molar-refractivity contribution >= 4 is 23.6 Å². The SMILES string of the molecule is O=C(/C=C/c1ccco1)Nc1ccc(C(=O)O)c(F)c1. The number of anilines is 1. The molecule has 1 amide bonds. The second kappa shape index (κ2) is 5.83. The first-order valence-corrected chi connectivity index (χ1v) is 5.61. The fourth-order valence-corrected chi connectivity index (χ4v) is 1.49. The van der Waals surface area contributed by atoms with Crippen molar-refractivity contribution < 1.29 is 23.5 Å². The topological polar surface area (TPSA) is 79.5 Å². The highest BCUT2D eigenvalue weighted by atomic mass is 19.1. The highest BCUT2D eigenvalue weighted by Gasteiger charge is 2.10. The summed E-state index contributed by atoms with van der Waals surface area (Å²) in [5, 5.41) is 11.1. The molecule has 102 valence electrons. The van der Waals surface area contributed by atoms with Gasteiger partial charge in [-0.3, -0.25) is 4.79 Å². The van der Waals surface area contributed by atoms with Gasteiger partial charge in [-0.15, -0.1) is 0 Å². The van der Waals surface area contributed by atoms with Crippen LogP contribution in [0.5, 0.6) is 0 Å². The Morgan fingerprint density at radius 1 is 1.30 bits per heavy atom. The van der Waals surface area contributed by atoms with E-state index in [1.807, 2.05) is 0 Å². The van der Waals surface area contributed by atoms with Gasteiger partial charge in [-0.25, -0.2) is 9.18 Å². The molecule has 1 aromatic carbocycles. The number of nitrogens with one attached hydrogen (secondary N) is 1. The molecule has 0 spiro atoms. The van der Waals surface area contributed by atoms with Crippen molar-refractivity contribution in [3.63, 3.8) is 0 Å². The lowest BCUT2D eigenvalue weighted by Gasteiger charge is -2.03. The van der Waals surface area contributed by atoms with E-state index in [1.54, 1.807) is 12.1 Å². The predicted octanol–water partition coefficient (Wildman–Crippen LogP) is 2.77. The quantitative estimate of drug-likeness (QED) is 0.841. The van der Waals surface area contributed by atoms with E-state index < -0.39 is 23.3 Å². The first kappa shape index (κ1) is 13.5. The zero-order valence-corrected chi connectivity index (χ0v) is 10.2. The van der Waals surface area contributed by atoms with E-state index >= 15 is 0 Å². The van der Waals surface area contributed by atoms with Crippen LogP contribution in [-0.2, 0) is 4.79 Å². The highest BCUT2D eigenvalue weighted by molar-refractivity contribution is 6.02. The number of hydrogen-bond donors (Lipinski definition) is 2. The third kappa shape index (κ3) is 3.32. The van der Waals surface area contributed by atoms with Crippen LogP contribution in [-0.4, -0.2) is 17.0 Å². The maximum atomic E-state index is 13.4. The van der Waals surface area contributed by atoms with Crippen LogP contribution in [0.15, 0.2) is 47.1 Å². The Hall–Kier alpha value is -2.89. The number of amides is 1. The fourth-order valence-electron chi connectivity index (χ4n) is 1.49. The smallest absolute Gasteiger partial charge is 0.338 e. The molecule has 0 radical (unpaired) electrons. The summed E-state index contributed by atoms with van der Waals surface area (Å²) in [5.74, 6) is -2.25. The monoisotopic (exact) mass is 275 g/mol. The average Bonchev–Trinajstić information content (AvgIpc) is 2.89. The first-order valence-electron chi connectivity index (χ1n) is 5.61. The molecule has 0 aliphatic rings. The van der Waals surface area contributed by atoms with Crippen LogP contribution in [0.4, 0.5) is 10.1 Å². The van der Waals surface area contributed by atoms with Crippen LogP contribution >= 0.6 is 0 Å². The Kier molecular flexibility index (Phi) is 3.95.